The molecule has 1 N–H and O–H groups in total. The van der Waals surface area contributed by atoms with E-state index in [-0.39, 0.29) is 17.6 Å². The molecule has 1 aromatic heterocycles. The second-order valence-corrected chi connectivity index (χ2v) is 4.59. The van der Waals surface area contributed by atoms with Crippen LogP contribution in [0.4, 0.5) is 5.69 Å². The number of hydrogen-bond acceptors (Lipinski definition) is 3. The van der Waals surface area contributed by atoms with Crippen LogP contribution in [0.3, 0.4) is 0 Å². The van der Waals surface area contributed by atoms with Crippen molar-refractivity contribution < 1.29 is 14.0 Å². The summed E-state index contributed by atoms with van der Waals surface area (Å²) in [6, 6.07) is 10.4. The largest absolute Gasteiger partial charge is 0.459 e. The highest BCUT2D eigenvalue weighted by Gasteiger charge is 2.09. The van der Waals surface area contributed by atoms with E-state index in [1.807, 2.05) is 12.1 Å². The molecule has 0 aliphatic rings. The molecule has 0 fully saturated rings. The number of carbonyl (C=O) groups excluding carboxylic acids is 2. The molecule has 0 unspecified atom stereocenters. The molecule has 20 heavy (non-hydrogen) atoms. The van der Waals surface area contributed by atoms with Crippen molar-refractivity contribution in [3.05, 3.63) is 54.0 Å². The highest BCUT2D eigenvalue weighted by atomic mass is 16.3. The normalized spacial score (nSPS) is 10.1. The van der Waals surface area contributed by atoms with Crippen molar-refractivity contribution in [2.45, 2.75) is 6.42 Å². The summed E-state index contributed by atoms with van der Waals surface area (Å²) in [5.74, 6) is 0.00125. The number of furan rings is 1. The zero-order valence-corrected chi connectivity index (χ0v) is 11.4. The van der Waals surface area contributed by atoms with Crippen LogP contribution in [0, 0.1) is 0 Å². The minimum atomic E-state index is -0.299. The van der Waals surface area contributed by atoms with Gasteiger partial charge in [0, 0.05) is 19.8 Å². The van der Waals surface area contributed by atoms with Gasteiger partial charge in [-0.05, 0) is 29.8 Å². The number of likely N-dealkylation sites (N-methyl/N-ethyl adjacent to an activating group) is 1. The van der Waals surface area contributed by atoms with Crippen LogP contribution in [-0.4, -0.2) is 30.8 Å². The third-order valence-electron chi connectivity index (χ3n) is 2.81. The lowest BCUT2D eigenvalue weighted by Gasteiger charge is -2.10. The molecule has 2 amide bonds. The van der Waals surface area contributed by atoms with Crippen LogP contribution >= 0.6 is 0 Å². The average molecular weight is 272 g/mol. The lowest BCUT2D eigenvalue weighted by molar-refractivity contribution is -0.127. The molecule has 1 aromatic carbocycles. The topological polar surface area (TPSA) is 62.6 Å². The second kappa shape index (κ2) is 6.06. The molecule has 5 heteroatoms. The summed E-state index contributed by atoms with van der Waals surface area (Å²) in [6.07, 6.45) is 1.80. The molecule has 0 atom stereocenters. The van der Waals surface area contributed by atoms with Crippen LogP contribution < -0.4 is 5.32 Å². The smallest absolute Gasteiger partial charge is 0.291 e. The van der Waals surface area contributed by atoms with Gasteiger partial charge in [-0.1, -0.05) is 12.1 Å². The van der Waals surface area contributed by atoms with Crippen molar-refractivity contribution in [2.24, 2.45) is 0 Å². The molecule has 5 nitrogen and oxygen atoms in total. The summed E-state index contributed by atoms with van der Waals surface area (Å²) in [4.78, 5) is 24.9. The van der Waals surface area contributed by atoms with Gasteiger partial charge in [0.15, 0.2) is 5.76 Å². The minimum absolute atomic E-state index is 0.0392. The molecule has 0 saturated carbocycles. The molecule has 2 aromatic rings. The minimum Gasteiger partial charge on any atom is -0.459 e. The van der Waals surface area contributed by atoms with E-state index in [9.17, 15) is 9.59 Å². The van der Waals surface area contributed by atoms with Crippen molar-refractivity contribution in [1.29, 1.82) is 0 Å². The quantitative estimate of drug-likeness (QED) is 0.927. The monoisotopic (exact) mass is 272 g/mol. The fourth-order valence-electron chi connectivity index (χ4n) is 1.64. The van der Waals surface area contributed by atoms with Gasteiger partial charge in [0.2, 0.25) is 5.91 Å². The molecule has 1 heterocycles. The number of anilines is 1. The van der Waals surface area contributed by atoms with Crippen LogP contribution in [-0.2, 0) is 11.2 Å². The number of amides is 2. The van der Waals surface area contributed by atoms with Gasteiger partial charge in [0.25, 0.3) is 5.91 Å². The lowest BCUT2D eigenvalue weighted by Crippen LogP contribution is -2.23. The Balaban J connectivity index is 1.98. The van der Waals surface area contributed by atoms with Crippen LogP contribution in [0.1, 0.15) is 16.1 Å². The van der Waals surface area contributed by atoms with Crippen molar-refractivity contribution in [3.63, 3.8) is 0 Å². The molecule has 2 rings (SSSR count). The molecule has 0 spiro atoms. The summed E-state index contributed by atoms with van der Waals surface area (Å²) in [7, 11) is 3.45. The summed E-state index contributed by atoms with van der Waals surface area (Å²) in [6.45, 7) is 0. The first-order valence-corrected chi connectivity index (χ1v) is 6.20. The van der Waals surface area contributed by atoms with Crippen LogP contribution in [0.15, 0.2) is 47.1 Å². The van der Waals surface area contributed by atoms with Crippen molar-refractivity contribution in [2.75, 3.05) is 19.4 Å². The van der Waals surface area contributed by atoms with Gasteiger partial charge >= 0.3 is 0 Å². The number of hydrogen-bond donors (Lipinski definition) is 1. The van der Waals surface area contributed by atoms with E-state index >= 15 is 0 Å². The van der Waals surface area contributed by atoms with Crippen LogP contribution in [0.2, 0.25) is 0 Å². The maximum Gasteiger partial charge on any atom is 0.291 e. The first-order chi connectivity index (χ1) is 9.56. The Morgan fingerprint density at radius 3 is 2.40 bits per heavy atom. The Morgan fingerprint density at radius 2 is 1.85 bits per heavy atom. The summed E-state index contributed by atoms with van der Waals surface area (Å²) >= 11 is 0. The Morgan fingerprint density at radius 1 is 1.15 bits per heavy atom. The molecule has 0 aliphatic carbocycles. The van der Waals surface area contributed by atoms with E-state index in [1.54, 1.807) is 43.3 Å². The fraction of sp³-hybridized carbons (Fsp3) is 0.200. The van der Waals surface area contributed by atoms with Gasteiger partial charge < -0.3 is 14.6 Å². The first-order valence-electron chi connectivity index (χ1n) is 6.20. The van der Waals surface area contributed by atoms with Gasteiger partial charge in [0.05, 0.1) is 12.7 Å². The summed E-state index contributed by atoms with van der Waals surface area (Å²) in [5, 5.41) is 2.72. The SMILES string of the molecule is CN(C)C(=O)Cc1ccc(NC(=O)c2ccco2)cc1. The number of benzene rings is 1. The van der Waals surface area contributed by atoms with E-state index in [2.05, 4.69) is 5.32 Å². The van der Waals surface area contributed by atoms with E-state index in [4.69, 9.17) is 4.42 Å². The fourth-order valence-corrected chi connectivity index (χ4v) is 1.64. The number of carbonyl (C=O) groups is 2. The first kappa shape index (κ1) is 13.9. The number of rotatable bonds is 4. The van der Waals surface area contributed by atoms with Gasteiger partial charge in [-0.15, -0.1) is 0 Å². The van der Waals surface area contributed by atoms with Crippen molar-refractivity contribution in [3.8, 4) is 0 Å². The maximum atomic E-state index is 11.8. The van der Waals surface area contributed by atoms with Gasteiger partial charge in [-0.3, -0.25) is 9.59 Å². The Bertz CT molecular complexity index is 586. The predicted octanol–water partition coefficient (Wildman–Crippen LogP) is 2.16. The van der Waals surface area contributed by atoms with E-state index in [0.29, 0.717) is 12.1 Å². The number of nitrogens with zero attached hydrogens (tertiary/aromatic N) is 1. The van der Waals surface area contributed by atoms with Crippen LogP contribution in [0.5, 0.6) is 0 Å². The Labute approximate surface area is 117 Å². The molecule has 104 valence electrons. The third kappa shape index (κ3) is 3.47. The molecular weight excluding hydrogens is 256 g/mol. The Kier molecular flexibility index (Phi) is 4.20. The van der Waals surface area contributed by atoms with E-state index in [1.165, 1.54) is 6.26 Å². The standard InChI is InChI=1S/C15H16N2O3/c1-17(2)14(18)10-11-5-7-12(8-6-11)16-15(19)13-4-3-9-20-13/h3-9H,10H2,1-2H3,(H,16,19). The Hall–Kier alpha value is -2.56. The maximum absolute atomic E-state index is 11.8. The highest BCUT2D eigenvalue weighted by Crippen LogP contribution is 2.12. The average Bonchev–Trinajstić information content (AvgIpc) is 2.95. The molecule has 0 saturated heterocycles. The molecule has 0 aliphatic heterocycles. The zero-order chi connectivity index (χ0) is 14.5. The zero-order valence-electron chi connectivity index (χ0n) is 11.4. The van der Waals surface area contributed by atoms with Gasteiger partial charge in [0.1, 0.15) is 0 Å². The molecule has 0 bridgehead atoms. The lowest BCUT2D eigenvalue weighted by atomic mass is 10.1. The van der Waals surface area contributed by atoms with Gasteiger partial charge in [-0.25, -0.2) is 0 Å². The third-order valence-corrected chi connectivity index (χ3v) is 2.81. The summed E-state index contributed by atoms with van der Waals surface area (Å²) in [5.41, 5.74) is 1.56. The second-order valence-electron chi connectivity index (χ2n) is 4.59. The van der Waals surface area contributed by atoms with Crippen LogP contribution in [0.25, 0.3) is 0 Å². The molecular formula is C15H16N2O3. The van der Waals surface area contributed by atoms with Gasteiger partial charge in [-0.2, -0.15) is 0 Å². The van der Waals surface area contributed by atoms with Crippen molar-refractivity contribution >= 4 is 17.5 Å². The number of nitrogens with one attached hydrogen (secondary N) is 1. The van der Waals surface area contributed by atoms with E-state index in [0.717, 1.165) is 5.56 Å². The van der Waals surface area contributed by atoms with E-state index < -0.39 is 0 Å². The van der Waals surface area contributed by atoms with Crippen molar-refractivity contribution in [1.82, 2.24) is 4.90 Å². The highest BCUT2D eigenvalue weighted by molar-refractivity contribution is 6.02. The predicted molar refractivity (Wildman–Crippen MR) is 75.5 cm³/mol. The summed E-state index contributed by atoms with van der Waals surface area (Å²) < 4.78 is 5.01. The molecule has 0 radical (unpaired) electrons.